The minimum Gasteiger partial charge on any atom is -0.297 e. The van der Waals surface area contributed by atoms with Crippen molar-refractivity contribution in [1.82, 2.24) is 9.80 Å². The fraction of sp³-hybridized carbons (Fsp3) is 0.259. The lowest BCUT2D eigenvalue weighted by atomic mass is 9.96. The average Bonchev–Trinajstić information content (AvgIpc) is 2.84. The minimum atomic E-state index is -0.244. The Morgan fingerprint density at radius 3 is 1.70 bits per heavy atom. The molecule has 1 fully saturated rings. The molecule has 3 aromatic rings. The van der Waals surface area contributed by atoms with Gasteiger partial charge in [0.25, 0.3) is 0 Å². The fourth-order valence-electron chi connectivity index (χ4n) is 4.01. The Morgan fingerprint density at radius 1 is 0.727 bits per heavy atom. The van der Waals surface area contributed by atoms with Gasteiger partial charge in [-0.05, 0) is 41.0 Å². The summed E-state index contributed by atoms with van der Waals surface area (Å²) in [7, 11) is 0. The van der Waals surface area contributed by atoms with Gasteiger partial charge in [-0.15, -0.1) is 23.2 Å². The lowest BCUT2D eigenvalue weighted by Crippen LogP contribution is -2.47. The molecule has 1 saturated heterocycles. The third-order valence-electron chi connectivity index (χ3n) is 5.62. The molecule has 33 heavy (non-hydrogen) atoms. The molecule has 0 spiro atoms. The van der Waals surface area contributed by atoms with Crippen molar-refractivity contribution in [1.29, 1.82) is 0 Å². The second-order valence-corrected chi connectivity index (χ2v) is 8.56. The molecule has 0 saturated carbocycles. The van der Waals surface area contributed by atoms with Crippen molar-refractivity contribution in [2.75, 3.05) is 38.1 Å². The topological polar surface area (TPSA) is 6.48 Å². The smallest absolute Gasteiger partial charge is 0.123 e. The lowest BCUT2D eigenvalue weighted by Gasteiger charge is -2.39. The van der Waals surface area contributed by atoms with E-state index in [1.165, 1.54) is 29.8 Å². The number of hydrogen-bond acceptors (Lipinski definition) is 2. The maximum absolute atomic E-state index is 13.5. The number of hydrogen-bond donors (Lipinski definition) is 0. The van der Waals surface area contributed by atoms with E-state index in [9.17, 15) is 8.78 Å². The summed E-state index contributed by atoms with van der Waals surface area (Å²) in [5.74, 6) is -0.488. The van der Waals surface area contributed by atoms with Gasteiger partial charge in [-0.2, -0.15) is 0 Å². The fourth-order valence-corrected chi connectivity index (χ4v) is 4.01. The first kappa shape index (κ1) is 25.4. The van der Waals surface area contributed by atoms with Crippen LogP contribution >= 0.6 is 23.2 Å². The van der Waals surface area contributed by atoms with E-state index in [0.717, 1.165) is 43.9 Å². The Labute approximate surface area is 205 Å². The highest BCUT2D eigenvalue weighted by Gasteiger charge is 2.26. The van der Waals surface area contributed by atoms with Crippen molar-refractivity contribution in [2.45, 2.75) is 6.04 Å². The van der Waals surface area contributed by atoms with Crippen LogP contribution in [0.3, 0.4) is 0 Å². The van der Waals surface area contributed by atoms with Crippen molar-refractivity contribution in [2.24, 2.45) is 0 Å². The van der Waals surface area contributed by atoms with Crippen LogP contribution in [0.5, 0.6) is 0 Å². The van der Waals surface area contributed by atoms with E-state index in [1.54, 1.807) is 0 Å². The van der Waals surface area contributed by atoms with E-state index < -0.39 is 0 Å². The summed E-state index contributed by atoms with van der Waals surface area (Å²) in [4.78, 5) is 4.83. The Morgan fingerprint density at radius 2 is 1.21 bits per heavy atom. The monoisotopic (exact) mass is 488 g/mol. The number of alkyl halides is 2. The van der Waals surface area contributed by atoms with Gasteiger partial charge < -0.3 is 0 Å². The van der Waals surface area contributed by atoms with Gasteiger partial charge >= 0.3 is 0 Å². The summed E-state index contributed by atoms with van der Waals surface area (Å²) in [6.45, 7) is 4.63. The second-order valence-electron chi connectivity index (χ2n) is 7.76. The summed E-state index contributed by atoms with van der Waals surface area (Å²) < 4.78 is 26.9. The Kier molecular flexibility index (Phi) is 10.4. The van der Waals surface area contributed by atoms with E-state index >= 15 is 0 Å². The van der Waals surface area contributed by atoms with Crippen LogP contribution in [-0.4, -0.2) is 47.9 Å². The summed E-state index contributed by atoms with van der Waals surface area (Å²) in [5.41, 5.74) is 3.27. The van der Waals surface area contributed by atoms with E-state index in [4.69, 9.17) is 23.2 Å². The van der Waals surface area contributed by atoms with E-state index in [1.807, 2.05) is 42.5 Å². The molecule has 0 unspecified atom stereocenters. The van der Waals surface area contributed by atoms with Crippen LogP contribution in [0.25, 0.3) is 6.08 Å². The molecule has 1 aliphatic rings. The predicted octanol–water partition coefficient (Wildman–Crippen LogP) is 6.81. The maximum atomic E-state index is 13.5. The first-order valence-electron chi connectivity index (χ1n) is 10.9. The highest BCUT2D eigenvalue weighted by atomic mass is 35.5. The van der Waals surface area contributed by atoms with Gasteiger partial charge in [0.05, 0.1) is 11.4 Å². The molecular formula is C27H28Cl2F2N2. The van der Waals surface area contributed by atoms with Crippen molar-refractivity contribution < 1.29 is 8.78 Å². The number of nitrogens with zero attached hydrogens (tertiary/aromatic N) is 2. The summed E-state index contributed by atoms with van der Waals surface area (Å²) in [6.07, 6.45) is 4.37. The highest BCUT2D eigenvalue weighted by molar-refractivity contribution is 6.40. The zero-order valence-corrected chi connectivity index (χ0v) is 19.9. The van der Waals surface area contributed by atoms with E-state index in [0.29, 0.717) is 0 Å². The Bertz CT molecular complexity index is 926. The first-order valence-corrected chi connectivity index (χ1v) is 12.0. The molecule has 0 radical (unpaired) electrons. The zero-order valence-electron chi connectivity index (χ0n) is 18.4. The van der Waals surface area contributed by atoms with Crippen molar-refractivity contribution in [3.8, 4) is 0 Å². The molecule has 4 rings (SSSR count). The van der Waals surface area contributed by atoms with Gasteiger partial charge in [0.2, 0.25) is 0 Å². The standard InChI is InChI=1S/C26H26F2N2.CH2Cl2/c27-24-12-8-22(9-13-24)26(23-10-14-25(28)15-11-23)30-19-17-29(18-20-30)16-4-7-21-5-2-1-3-6-21;2-1-3/h1-15,26H,16-20H2;1H2/b7-4+;. The van der Waals surface area contributed by atoms with Gasteiger partial charge in [0.15, 0.2) is 0 Å². The largest absolute Gasteiger partial charge is 0.297 e. The number of halogens is 4. The maximum Gasteiger partial charge on any atom is 0.123 e. The predicted molar refractivity (Wildman–Crippen MR) is 135 cm³/mol. The van der Waals surface area contributed by atoms with E-state index in [2.05, 4.69) is 34.1 Å². The molecular weight excluding hydrogens is 461 g/mol. The summed E-state index contributed by atoms with van der Waals surface area (Å²) in [5, 5.41) is 0.194. The van der Waals surface area contributed by atoms with Gasteiger partial charge in [-0.1, -0.05) is 66.7 Å². The summed E-state index contributed by atoms with van der Waals surface area (Å²) >= 11 is 9.53. The highest BCUT2D eigenvalue weighted by Crippen LogP contribution is 2.30. The van der Waals surface area contributed by atoms with Crippen LogP contribution in [0, 0.1) is 11.6 Å². The molecule has 0 amide bonds. The number of benzene rings is 3. The molecule has 2 nitrogen and oxygen atoms in total. The first-order chi connectivity index (χ1) is 16.1. The van der Waals surface area contributed by atoms with Gasteiger partial charge in [-0.3, -0.25) is 9.80 Å². The third-order valence-corrected chi connectivity index (χ3v) is 5.62. The molecule has 174 valence electrons. The molecule has 1 heterocycles. The quantitative estimate of drug-likeness (QED) is 0.351. The van der Waals surface area contributed by atoms with Gasteiger partial charge in [-0.25, -0.2) is 8.78 Å². The van der Waals surface area contributed by atoms with Gasteiger partial charge in [0.1, 0.15) is 11.6 Å². The minimum absolute atomic E-state index is 0.00629. The van der Waals surface area contributed by atoms with E-state index in [-0.39, 0.29) is 23.0 Å². The molecule has 0 aromatic heterocycles. The van der Waals surface area contributed by atoms with Gasteiger partial charge in [0, 0.05) is 32.7 Å². The molecule has 0 atom stereocenters. The molecule has 6 heteroatoms. The van der Waals surface area contributed by atoms with Crippen molar-refractivity contribution in [3.05, 3.63) is 113 Å². The average molecular weight is 489 g/mol. The Hall–Kier alpha value is -2.24. The van der Waals surface area contributed by atoms with Crippen LogP contribution < -0.4 is 0 Å². The van der Waals surface area contributed by atoms with Crippen LogP contribution in [-0.2, 0) is 0 Å². The number of rotatable bonds is 6. The summed E-state index contributed by atoms with van der Waals surface area (Å²) in [6, 6.07) is 23.6. The van der Waals surface area contributed by atoms with Crippen LogP contribution in [0.4, 0.5) is 8.78 Å². The van der Waals surface area contributed by atoms with Crippen LogP contribution in [0.15, 0.2) is 84.9 Å². The Balaban J connectivity index is 0.000000968. The second kappa shape index (κ2) is 13.5. The SMILES string of the molecule is ClCCl.Fc1ccc(C(c2ccc(F)cc2)N2CCN(C/C=C/c3ccccc3)CC2)cc1. The van der Waals surface area contributed by atoms with Crippen molar-refractivity contribution >= 4 is 29.3 Å². The zero-order chi connectivity index (χ0) is 23.5. The molecule has 1 aliphatic heterocycles. The lowest BCUT2D eigenvalue weighted by molar-refractivity contribution is 0.118. The third kappa shape index (κ3) is 7.94. The molecule has 3 aromatic carbocycles. The van der Waals surface area contributed by atoms with Crippen LogP contribution in [0.2, 0.25) is 0 Å². The normalized spacial score (nSPS) is 14.9. The van der Waals surface area contributed by atoms with Crippen LogP contribution in [0.1, 0.15) is 22.7 Å². The molecule has 0 aliphatic carbocycles. The number of piperazine rings is 1. The van der Waals surface area contributed by atoms with Crippen molar-refractivity contribution in [3.63, 3.8) is 0 Å². The molecule has 0 bridgehead atoms. The molecule has 0 N–H and O–H groups in total.